The van der Waals surface area contributed by atoms with Gasteiger partial charge in [0.15, 0.2) is 0 Å². The fraction of sp³-hybridized carbons (Fsp3) is 0.176. The molecule has 0 radical (unpaired) electrons. The van der Waals surface area contributed by atoms with E-state index in [1.165, 1.54) is 23.5 Å². The van der Waals surface area contributed by atoms with Crippen LogP contribution < -0.4 is 4.74 Å². The molecule has 0 aliphatic rings. The number of hydrogen-bond donors (Lipinski definition) is 0. The third-order valence-corrected chi connectivity index (χ3v) is 4.29. The Balaban J connectivity index is 1.85. The van der Waals surface area contributed by atoms with Crippen molar-refractivity contribution in [3.8, 4) is 27.6 Å². The summed E-state index contributed by atoms with van der Waals surface area (Å²) in [6, 6.07) is 7.64. The molecular formula is C17H13F3N2OS. The number of aromatic nitrogens is 2. The lowest BCUT2D eigenvalue weighted by molar-refractivity contribution is -0.274. The van der Waals surface area contributed by atoms with Crippen LogP contribution in [-0.4, -0.2) is 16.3 Å². The number of benzene rings is 1. The molecule has 0 aliphatic carbocycles. The molecule has 3 rings (SSSR count). The predicted octanol–water partition coefficient (Wildman–Crippen LogP) is 5.33. The summed E-state index contributed by atoms with van der Waals surface area (Å²) < 4.78 is 40.4. The molecule has 7 heteroatoms. The minimum absolute atomic E-state index is 0.248. The summed E-state index contributed by atoms with van der Waals surface area (Å²) in [6.45, 7) is 2.06. The van der Waals surface area contributed by atoms with Crippen LogP contribution in [0.3, 0.4) is 0 Å². The largest absolute Gasteiger partial charge is 0.573 e. The second kappa shape index (κ2) is 6.60. The summed E-state index contributed by atoms with van der Waals surface area (Å²) >= 11 is 1.48. The van der Waals surface area contributed by atoms with Gasteiger partial charge in [-0.15, -0.1) is 24.5 Å². The van der Waals surface area contributed by atoms with Crippen molar-refractivity contribution in [2.75, 3.05) is 0 Å². The molecule has 2 heterocycles. The highest BCUT2D eigenvalue weighted by molar-refractivity contribution is 7.13. The van der Waals surface area contributed by atoms with E-state index >= 15 is 0 Å². The lowest BCUT2D eigenvalue weighted by atomic mass is 10.1. The highest BCUT2D eigenvalue weighted by Crippen LogP contribution is 2.32. The molecule has 0 spiro atoms. The van der Waals surface area contributed by atoms with Crippen molar-refractivity contribution in [3.63, 3.8) is 0 Å². The van der Waals surface area contributed by atoms with E-state index in [1.807, 2.05) is 11.4 Å². The van der Waals surface area contributed by atoms with Crippen LogP contribution in [0.1, 0.15) is 12.5 Å². The molecular weight excluding hydrogens is 337 g/mol. The van der Waals surface area contributed by atoms with Crippen LogP contribution in [0.4, 0.5) is 13.2 Å². The average Bonchev–Trinajstić information content (AvgIpc) is 3.04. The Labute approximate surface area is 140 Å². The monoisotopic (exact) mass is 350 g/mol. The molecule has 0 amide bonds. The van der Waals surface area contributed by atoms with Crippen molar-refractivity contribution >= 4 is 11.3 Å². The van der Waals surface area contributed by atoms with E-state index < -0.39 is 6.36 Å². The van der Waals surface area contributed by atoms with E-state index in [1.54, 1.807) is 24.5 Å². The zero-order valence-corrected chi connectivity index (χ0v) is 13.5. The van der Waals surface area contributed by atoms with Gasteiger partial charge in [0.25, 0.3) is 0 Å². The Morgan fingerprint density at radius 1 is 1.12 bits per heavy atom. The van der Waals surface area contributed by atoms with Gasteiger partial charge < -0.3 is 4.74 Å². The van der Waals surface area contributed by atoms with E-state index in [0.29, 0.717) is 5.69 Å². The molecule has 0 bridgehead atoms. The van der Waals surface area contributed by atoms with Crippen molar-refractivity contribution < 1.29 is 17.9 Å². The predicted molar refractivity (Wildman–Crippen MR) is 86.8 cm³/mol. The van der Waals surface area contributed by atoms with Crippen LogP contribution in [0, 0.1) is 0 Å². The molecule has 2 aromatic heterocycles. The maximum absolute atomic E-state index is 12.2. The highest BCUT2D eigenvalue weighted by Gasteiger charge is 2.31. The van der Waals surface area contributed by atoms with Gasteiger partial charge in [-0.2, -0.15) is 0 Å². The van der Waals surface area contributed by atoms with Gasteiger partial charge in [0, 0.05) is 28.9 Å². The third-order valence-electron chi connectivity index (χ3n) is 3.41. The molecule has 0 N–H and O–H groups in total. The Morgan fingerprint density at radius 2 is 1.88 bits per heavy atom. The van der Waals surface area contributed by atoms with Crippen LogP contribution >= 0.6 is 11.3 Å². The average molecular weight is 350 g/mol. The number of ether oxygens (including phenoxy) is 1. The van der Waals surface area contributed by atoms with Crippen molar-refractivity contribution in [1.82, 2.24) is 9.97 Å². The van der Waals surface area contributed by atoms with Crippen molar-refractivity contribution in [2.45, 2.75) is 19.7 Å². The Kier molecular flexibility index (Phi) is 4.53. The summed E-state index contributed by atoms with van der Waals surface area (Å²) in [5, 5.41) is 2.71. The quantitative estimate of drug-likeness (QED) is 0.638. The lowest BCUT2D eigenvalue weighted by Crippen LogP contribution is -2.16. The number of alkyl halides is 3. The molecule has 24 heavy (non-hydrogen) atoms. The van der Waals surface area contributed by atoms with E-state index in [4.69, 9.17) is 0 Å². The van der Waals surface area contributed by atoms with Gasteiger partial charge in [-0.3, -0.25) is 4.98 Å². The maximum Gasteiger partial charge on any atom is 0.573 e. The SMILES string of the molecule is CCc1ccncc1-c1nc(-c2ccc(OC(F)(F)F)cc2)cs1. The minimum atomic E-state index is -4.69. The first-order valence-corrected chi connectivity index (χ1v) is 8.09. The Hall–Kier alpha value is -2.41. The molecule has 0 atom stereocenters. The first-order valence-electron chi connectivity index (χ1n) is 7.21. The zero-order chi connectivity index (χ0) is 17.2. The summed E-state index contributed by atoms with van der Waals surface area (Å²) in [4.78, 5) is 8.72. The van der Waals surface area contributed by atoms with E-state index in [2.05, 4.69) is 21.6 Å². The maximum atomic E-state index is 12.2. The van der Waals surface area contributed by atoms with Crippen molar-refractivity contribution in [3.05, 3.63) is 53.7 Å². The van der Waals surface area contributed by atoms with Gasteiger partial charge in [0.05, 0.1) is 5.69 Å². The van der Waals surface area contributed by atoms with Gasteiger partial charge in [-0.1, -0.05) is 6.92 Å². The number of hydrogen-bond acceptors (Lipinski definition) is 4. The van der Waals surface area contributed by atoms with Crippen LogP contribution in [0.25, 0.3) is 21.8 Å². The standard InChI is InChI=1S/C17H13F3N2OS/c1-2-11-7-8-21-9-14(11)16-22-15(10-24-16)12-3-5-13(6-4-12)23-17(18,19)20/h3-10H,2H2,1H3. The van der Waals surface area contributed by atoms with E-state index in [9.17, 15) is 13.2 Å². The number of rotatable bonds is 4. The Bertz CT molecular complexity index is 828. The second-order valence-electron chi connectivity index (χ2n) is 5.00. The van der Waals surface area contributed by atoms with Crippen LogP contribution in [-0.2, 0) is 6.42 Å². The lowest BCUT2D eigenvalue weighted by Gasteiger charge is -2.08. The van der Waals surface area contributed by atoms with Gasteiger partial charge >= 0.3 is 6.36 Å². The fourth-order valence-corrected chi connectivity index (χ4v) is 3.16. The van der Waals surface area contributed by atoms with Gasteiger partial charge in [-0.25, -0.2) is 4.98 Å². The van der Waals surface area contributed by atoms with E-state index in [-0.39, 0.29) is 5.75 Å². The Morgan fingerprint density at radius 3 is 2.54 bits per heavy atom. The van der Waals surface area contributed by atoms with Crippen LogP contribution in [0.5, 0.6) is 5.75 Å². The molecule has 124 valence electrons. The smallest absolute Gasteiger partial charge is 0.406 e. The normalized spacial score (nSPS) is 11.5. The van der Waals surface area contributed by atoms with Crippen molar-refractivity contribution in [1.29, 1.82) is 0 Å². The molecule has 3 aromatic rings. The van der Waals surface area contributed by atoms with E-state index in [0.717, 1.165) is 28.1 Å². The molecule has 1 aromatic carbocycles. The first kappa shape index (κ1) is 16.4. The zero-order valence-electron chi connectivity index (χ0n) is 12.7. The first-order chi connectivity index (χ1) is 11.5. The minimum Gasteiger partial charge on any atom is -0.406 e. The highest BCUT2D eigenvalue weighted by atomic mass is 32.1. The summed E-state index contributed by atoms with van der Waals surface area (Å²) in [6.07, 6.45) is -0.291. The molecule has 3 nitrogen and oxygen atoms in total. The van der Waals surface area contributed by atoms with Gasteiger partial charge in [-0.05, 0) is 42.3 Å². The number of pyridine rings is 1. The van der Waals surface area contributed by atoms with Crippen LogP contribution in [0.2, 0.25) is 0 Å². The number of thiazole rings is 1. The summed E-state index contributed by atoms with van der Waals surface area (Å²) in [5.41, 5.74) is 3.57. The third kappa shape index (κ3) is 3.73. The molecule has 0 saturated heterocycles. The van der Waals surface area contributed by atoms with Gasteiger partial charge in [0.2, 0.25) is 0 Å². The molecule has 0 aliphatic heterocycles. The van der Waals surface area contributed by atoms with Crippen LogP contribution in [0.15, 0.2) is 48.1 Å². The van der Waals surface area contributed by atoms with Gasteiger partial charge in [0.1, 0.15) is 10.8 Å². The molecule has 0 unspecified atom stereocenters. The second-order valence-corrected chi connectivity index (χ2v) is 5.85. The fourth-order valence-electron chi connectivity index (χ4n) is 2.28. The number of aryl methyl sites for hydroxylation is 1. The number of halogens is 3. The summed E-state index contributed by atoms with van der Waals surface area (Å²) in [7, 11) is 0. The summed E-state index contributed by atoms with van der Waals surface area (Å²) in [5.74, 6) is -0.248. The molecule has 0 saturated carbocycles. The van der Waals surface area contributed by atoms with Crippen molar-refractivity contribution in [2.24, 2.45) is 0 Å². The number of nitrogens with zero attached hydrogens (tertiary/aromatic N) is 2. The molecule has 0 fully saturated rings. The topological polar surface area (TPSA) is 35.0 Å².